The van der Waals surface area contributed by atoms with Crippen molar-refractivity contribution in [2.24, 2.45) is 5.73 Å². The number of hydrogen-bond acceptors (Lipinski definition) is 2. The van der Waals surface area contributed by atoms with Gasteiger partial charge >= 0.3 is 0 Å². The second kappa shape index (κ2) is 6.40. The Bertz CT molecular complexity index is 464. The molecule has 110 valence electrons. The summed E-state index contributed by atoms with van der Waals surface area (Å²) < 4.78 is 0. The van der Waals surface area contributed by atoms with Crippen LogP contribution in [0.1, 0.15) is 50.2 Å². The molecule has 1 fully saturated rings. The minimum absolute atomic E-state index is 0.126. The second-order valence-corrected chi connectivity index (χ2v) is 6.03. The normalized spacial score (nSPS) is 17.8. The summed E-state index contributed by atoms with van der Waals surface area (Å²) >= 11 is 0. The molecule has 3 heteroatoms. The Kier molecular flexibility index (Phi) is 4.81. The van der Waals surface area contributed by atoms with Crippen LogP contribution in [0.3, 0.4) is 0 Å². The number of amides is 1. The highest BCUT2D eigenvalue weighted by molar-refractivity contribution is 5.86. The fourth-order valence-corrected chi connectivity index (χ4v) is 3.07. The number of carbonyl (C=O) groups excluding carboxylic acids is 1. The lowest BCUT2D eigenvalue weighted by Gasteiger charge is -2.36. The van der Waals surface area contributed by atoms with Crippen molar-refractivity contribution >= 4 is 5.91 Å². The number of benzene rings is 1. The zero-order chi connectivity index (χ0) is 14.6. The Hall–Kier alpha value is -1.35. The van der Waals surface area contributed by atoms with Crippen molar-refractivity contribution in [3.63, 3.8) is 0 Å². The fraction of sp³-hybridized carbons (Fsp3) is 0.588. The van der Waals surface area contributed by atoms with Gasteiger partial charge in [0.05, 0.1) is 5.54 Å². The number of nitrogens with zero attached hydrogens (tertiary/aromatic N) is 1. The van der Waals surface area contributed by atoms with Gasteiger partial charge in [-0.1, -0.05) is 49.1 Å². The van der Waals surface area contributed by atoms with Gasteiger partial charge in [-0.25, -0.2) is 0 Å². The van der Waals surface area contributed by atoms with E-state index in [1.807, 2.05) is 17.9 Å². The van der Waals surface area contributed by atoms with Crippen LogP contribution in [0.25, 0.3) is 0 Å². The van der Waals surface area contributed by atoms with Crippen LogP contribution in [0.4, 0.5) is 0 Å². The zero-order valence-electron chi connectivity index (χ0n) is 12.7. The van der Waals surface area contributed by atoms with Crippen LogP contribution < -0.4 is 5.73 Å². The topological polar surface area (TPSA) is 46.3 Å². The molecule has 0 spiro atoms. The van der Waals surface area contributed by atoms with E-state index in [9.17, 15) is 4.79 Å². The van der Waals surface area contributed by atoms with E-state index in [1.165, 1.54) is 17.5 Å². The summed E-state index contributed by atoms with van der Waals surface area (Å²) in [5, 5.41) is 0. The van der Waals surface area contributed by atoms with Crippen LogP contribution in [-0.4, -0.2) is 22.9 Å². The molecule has 1 aliphatic carbocycles. The Labute approximate surface area is 122 Å². The quantitative estimate of drug-likeness (QED) is 0.917. The van der Waals surface area contributed by atoms with Gasteiger partial charge in [0.25, 0.3) is 0 Å². The number of carbonyl (C=O) groups is 1. The molecule has 1 saturated carbocycles. The van der Waals surface area contributed by atoms with Crippen molar-refractivity contribution in [2.45, 2.75) is 58.0 Å². The number of rotatable bonds is 4. The molecule has 0 heterocycles. The first kappa shape index (κ1) is 15.0. The van der Waals surface area contributed by atoms with Gasteiger partial charge in [0.2, 0.25) is 5.91 Å². The SMILES string of the molecule is CCN(Cc1cccc(C)c1)C(=O)C1(N)CCCCC1. The zero-order valence-corrected chi connectivity index (χ0v) is 12.7. The third-order valence-electron chi connectivity index (χ3n) is 4.30. The molecule has 1 aromatic rings. The summed E-state index contributed by atoms with van der Waals surface area (Å²) in [5.74, 6) is 0.126. The minimum atomic E-state index is -0.627. The first-order valence-electron chi connectivity index (χ1n) is 7.69. The summed E-state index contributed by atoms with van der Waals surface area (Å²) in [6, 6.07) is 8.34. The molecule has 0 bridgehead atoms. The number of aryl methyl sites for hydroxylation is 1. The van der Waals surface area contributed by atoms with E-state index in [2.05, 4.69) is 25.1 Å². The first-order valence-corrected chi connectivity index (χ1v) is 7.69. The van der Waals surface area contributed by atoms with E-state index in [0.29, 0.717) is 13.1 Å². The highest BCUT2D eigenvalue weighted by Crippen LogP contribution is 2.28. The van der Waals surface area contributed by atoms with Gasteiger partial charge in [0.1, 0.15) is 0 Å². The van der Waals surface area contributed by atoms with Crippen LogP contribution in [-0.2, 0) is 11.3 Å². The molecule has 1 aromatic carbocycles. The molecule has 20 heavy (non-hydrogen) atoms. The summed E-state index contributed by atoms with van der Waals surface area (Å²) in [4.78, 5) is 14.6. The summed E-state index contributed by atoms with van der Waals surface area (Å²) in [5.41, 5.74) is 8.15. The number of likely N-dealkylation sites (N-methyl/N-ethyl adjacent to an activating group) is 1. The lowest BCUT2D eigenvalue weighted by Crippen LogP contribution is -2.56. The van der Waals surface area contributed by atoms with E-state index >= 15 is 0 Å². The van der Waals surface area contributed by atoms with E-state index in [4.69, 9.17) is 5.73 Å². The van der Waals surface area contributed by atoms with Crippen molar-refractivity contribution in [3.05, 3.63) is 35.4 Å². The van der Waals surface area contributed by atoms with Gasteiger partial charge in [-0.2, -0.15) is 0 Å². The fourth-order valence-electron chi connectivity index (χ4n) is 3.07. The van der Waals surface area contributed by atoms with Gasteiger partial charge in [-0.05, 0) is 32.3 Å². The van der Waals surface area contributed by atoms with E-state index in [-0.39, 0.29) is 5.91 Å². The molecule has 2 N–H and O–H groups in total. The molecule has 1 amide bonds. The average Bonchev–Trinajstić information content (AvgIpc) is 2.45. The summed E-state index contributed by atoms with van der Waals surface area (Å²) in [6.07, 6.45) is 5.01. The summed E-state index contributed by atoms with van der Waals surface area (Å²) in [7, 11) is 0. The highest BCUT2D eigenvalue weighted by Gasteiger charge is 2.37. The maximum atomic E-state index is 12.7. The van der Waals surface area contributed by atoms with Crippen molar-refractivity contribution in [1.29, 1.82) is 0 Å². The second-order valence-electron chi connectivity index (χ2n) is 6.03. The Morgan fingerprint density at radius 3 is 2.60 bits per heavy atom. The largest absolute Gasteiger partial charge is 0.337 e. The summed E-state index contributed by atoms with van der Waals surface area (Å²) in [6.45, 7) is 5.48. The smallest absolute Gasteiger partial charge is 0.242 e. The predicted molar refractivity (Wildman–Crippen MR) is 82.3 cm³/mol. The standard InChI is InChI=1S/C17H26N2O/c1-3-19(13-15-9-7-8-14(2)12-15)16(20)17(18)10-5-4-6-11-17/h7-9,12H,3-6,10-11,13,18H2,1-2H3. The maximum Gasteiger partial charge on any atom is 0.242 e. The molecule has 3 nitrogen and oxygen atoms in total. The molecule has 0 aromatic heterocycles. The monoisotopic (exact) mass is 274 g/mol. The molecule has 0 unspecified atom stereocenters. The van der Waals surface area contributed by atoms with Gasteiger partial charge in [0, 0.05) is 13.1 Å². The molecule has 0 saturated heterocycles. The number of nitrogens with two attached hydrogens (primary N) is 1. The van der Waals surface area contributed by atoms with Crippen LogP contribution in [0.5, 0.6) is 0 Å². The van der Waals surface area contributed by atoms with Gasteiger partial charge in [0.15, 0.2) is 0 Å². The van der Waals surface area contributed by atoms with Crippen molar-refractivity contribution in [3.8, 4) is 0 Å². The molecular weight excluding hydrogens is 248 g/mol. The molecule has 0 atom stereocenters. The highest BCUT2D eigenvalue weighted by atomic mass is 16.2. The maximum absolute atomic E-state index is 12.7. The van der Waals surface area contributed by atoms with E-state index < -0.39 is 5.54 Å². The number of hydrogen-bond donors (Lipinski definition) is 1. The van der Waals surface area contributed by atoms with Gasteiger partial charge < -0.3 is 10.6 Å². The molecule has 0 aliphatic heterocycles. The molecule has 1 aliphatic rings. The average molecular weight is 274 g/mol. The minimum Gasteiger partial charge on any atom is -0.337 e. The first-order chi connectivity index (χ1) is 9.55. The molecular formula is C17H26N2O. The van der Waals surface area contributed by atoms with Crippen LogP contribution >= 0.6 is 0 Å². The van der Waals surface area contributed by atoms with Gasteiger partial charge in [-0.15, -0.1) is 0 Å². The van der Waals surface area contributed by atoms with Crippen molar-refractivity contribution in [1.82, 2.24) is 4.90 Å². The van der Waals surface area contributed by atoms with Crippen LogP contribution in [0.2, 0.25) is 0 Å². The lowest BCUT2D eigenvalue weighted by atomic mass is 9.81. The predicted octanol–water partition coefficient (Wildman–Crippen LogP) is 3.01. The van der Waals surface area contributed by atoms with Crippen LogP contribution in [0.15, 0.2) is 24.3 Å². The Balaban J connectivity index is 2.09. The lowest BCUT2D eigenvalue weighted by molar-refractivity contribution is -0.138. The third-order valence-corrected chi connectivity index (χ3v) is 4.30. The van der Waals surface area contributed by atoms with E-state index in [1.54, 1.807) is 0 Å². The van der Waals surface area contributed by atoms with Crippen molar-refractivity contribution < 1.29 is 4.79 Å². The Morgan fingerprint density at radius 1 is 1.30 bits per heavy atom. The Morgan fingerprint density at radius 2 is 2.00 bits per heavy atom. The van der Waals surface area contributed by atoms with Gasteiger partial charge in [-0.3, -0.25) is 4.79 Å². The van der Waals surface area contributed by atoms with Crippen molar-refractivity contribution in [2.75, 3.05) is 6.54 Å². The van der Waals surface area contributed by atoms with Crippen LogP contribution in [0, 0.1) is 6.92 Å². The molecule has 2 rings (SSSR count). The molecule has 0 radical (unpaired) electrons. The third kappa shape index (κ3) is 3.40. The van der Waals surface area contributed by atoms with E-state index in [0.717, 1.165) is 25.7 Å².